The van der Waals surface area contributed by atoms with Gasteiger partial charge in [0.15, 0.2) is 0 Å². The number of nitrogens with one attached hydrogen (secondary N) is 1. The van der Waals surface area contributed by atoms with Crippen LogP contribution in [0.25, 0.3) is 0 Å². The third-order valence-electron chi connectivity index (χ3n) is 3.98. The van der Waals surface area contributed by atoms with Crippen molar-refractivity contribution in [2.45, 2.75) is 26.9 Å². The Kier molecular flexibility index (Phi) is 4.46. The topological polar surface area (TPSA) is 50.2 Å². The molecular formula is C18H22N4O. The van der Waals surface area contributed by atoms with Crippen LogP contribution in [0.5, 0.6) is 0 Å². The minimum atomic E-state index is -0.0827. The summed E-state index contributed by atoms with van der Waals surface area (Å²) in [5.41, 5.74) is 3.77. The van der Waals surface area contributed by atoms with Gasteiger partial charge in [-0.2, -0.15) is 5.10 Å². The number of carbonyl (C=O) groups is 1. The molecule has 0 saturated heterocycles. The maximum absolute atomic E-state index is 12.4. The van der Waals surface area contributed by atoms with Gasteiger partial charge in [-0.1, -0.05) is 24.3 Å². The fourth-order valence-corrected chi connectivity index (χ4v) is 2.79. The molecule has 0 atom stereocenters. The van der Waals surface area contributed by atoms with Crippen molar-refractivity contribution in [2.75, 3.05) is 18.0 Å². The fourth-order valence-electron chi connectivity index (χ4n) is 2.79. The van der Waals surface area contributed by atoms with E-state index in [4.69, 9.17) is 0 Å². The molecule has 1 aromatic carbocycles. The average molecular weight is 310 g/mol. The van der Waals surface area contributed by atoms with E-state index in [1.165, 1.54) is 5.69 Å². The molecule has 0 aliphatic carbocycles. The molecule has 5 nitrogen and oxygen atoms in total. The number of anilines is 1. The standard InChI is InChI=1S/C18H22N4O/c1-3-22-17(11-14(2)20-22)18(23)19-13-15-7-6-8-16(12-15)21-9-4-5-10-21/h4-8,11-12H,3,9-10,13H2,1-2H3,(H,19,23). The molecule has 5 heteroatoms. The number of amides is 1. The molecule has 1 aromatic heterocycles. The van der Waals surface area contributed by atoms with Crippen molar-refractivity contribution in [3.63, 3.8) is 0 Å². The molecule has 2 aromatic rings. The Balaban J connectivity index is 1.65. The van der Waals surface area contributed by atoms with E-state index in [0.717, 1.165) is 24.3 Å². The van der Waals surface area contributed by atoms with Crippen molar-refractivity contribution in [1.29, 1.82) is 0 Å². The second kappa shape index (κ2) is 6.69. The van der Waals surface area contributed by atoms with Crippen LogP contribution in [0.3, 0.4) is 0 Å². The van der Waals surface area contributed by atoms with Crippen LogP contribution in [-0.2, 0) is 13.1 Å². The number of hydrogen-bond donors (Lipinski definition) is 1. The summed E-state index contributed by atoms with van der Waals surface area (Å²) in [7, 11) is 0. The number of aryl methyl sites for hydroxylation is 2. The molecule has 23 heavy (non-hydrogen) atoms. The first kappa shape index (κ1) is 15.3. The van der Waals surface area contributed by atoms with Crippen LogP contribution >= 0.6 is 0 Å². The highest BCUT2D eigenvalue weighted by Crippen LogP contribution is 2.18. The highest BCUT2D eigenvalue weighted by atomic mass is 16.2. The largest absolute Gasteiger partial charge is 0.364 e. The third kappa shape index (κ3) is 3.44. The second-order valence-electron chi connectivity index (χ2n) is 5.72. The van der Waals surface area contributed by atoms with Gasteiger partial charge >= 0.3 is 0 Å². The Hall–Kier alpha value is -2.56. The molecule has 0 bridgehead atoms. The lowest BCUT2D eigenvalue weighted by molar-refractivity contribution is 0.0940. The molecule has 3 rings (SSSR count). The Labute approximate surface area is 136 Å². The van der Waals surface area contributed by atoms with E-state index < -0.39 is 0 Å². The summed E-state index contributed by atoms with van der Waals surface area (Å²) >= 11 is 0. The molecule has 0 unspecified atom stereocenters. The van der Waals surface area contributed by atoms with Crippen LogP contribution in [0.1, 0.15) is 28.7 Å². The summed E-state index contributed by atoms with van der Waals surface area (Å²) in [6, 6.07) is 10.1. The Bertz CT molecular complexity index is 724. The first-order chi connectivity index (χ1) is 11.2. The lowest BCUT2D eigenvalue weighted by Gasteiger charge is -2.18. The third-order valence-corrected chi connectivity index (χ3v) is 3.98. The van der Waals surface area contributed by atoms with Crippen molar-refractivity contribution in [3.05, 3.63) is 59.4 Å². The molecule has 0 fully saturated rings. The molecule has 1 aliphatic rings. The smallest absolute Gasteiger partial charge is 0.269 e. The van der Waals surface area contributed by atoms with Crippen molar-refractivity contribution in [1.82, 2.24) is 15.1 Å². The summed E-state index contributed by atoms with van der Waals surface area (Å²) in [6.45, 7) is 6.98. The first-order valence-corrected chi connectivity index (χ1v) is 7.99. The van der Waals surface area contributed by atoms with E-state index in [2.05, 4.69) is 39.6 Å². The number of benzene rings is 1. The summed E-state index contributed by atoms with van der Waals surface area (Å²) in [5, 5.41) is 7.30. The number of hydrogen-bond acceptors (Lipinski definition) is 3. The fraction of sp³-hybridized carbons (Fsp3) is 0.333. The van der Waals surface area contributed by atoms with Crippen LogP contribution in [0, 0.1) is 6.92 Å². The van der Waals surface area contributed by atoms with E-state index in [-0.39, 0.29) is 5.91 Å². The molecule has 120 valence electrons. The van der Waals surface area contributed by atoms with E-state index in [9.17, 15) is 4.79 Å². The lowest BCUT2D eigenvalue weighted by Crippen LogP contribution is -2.26. The van der Waals surface area contributed by atoms with Crippen molar-refractivity contribution < 1.29 is 4.79 Å². The molecule has 1 aliphatic heterocycles. The van der Waals surface area contributed by atoms with Crippen molar-refractivity contribution in [3.8, 4) is 0 Å². The SMILES string of the molecule is CCn1nc(C)cc1C(=O)NCc1cccc(N2CC=CC2)c1. The van der Waals surface area contributed by atoms with Gasteiger partial charge in [0.2, 0.25) is 0 Å². The van der Waals surface area contributed by atoms with Gasteiger partial charge in [-0.05, 0) is 37.6 Å². The molecule has 1 amide bonds. The van der Waals surface area contributed by atoms with Crippen LogP contribution in [-0.4, -0.2) is 28.8 Å². The zero-order chi connectivity index (χ0) is 16.2. The molecule has 0 spiro atoms. The molecular weight excluding hydrogens is 288 g/mol. The van der Waals surface area contributed by atoms with E-state index >= 15 is 0 Å². The van der Waals surface area contributed by atoms with E-state index in [0.29, 0.717) is 18.8 Å². The first-order valence-electron chi connectivity index (χ1n) is 7.99. The number of rotatable bonds is 5. The summed E-state index contributed by atoms with van der Waals surface area (Å²) in [4.78, 5) is 14.7. The molecule has 0 saturated carbocycles. The normalized spacial score (nSPS) is 13.6. The number of aromatic nitrogens is 2. The Morgan fingerprint density at radius 3 is 2.78 bits per heavy atom. The average Bonchev–Trinajstić information content (AvgIpc) is 3.22. The minimum Gasteiger partial charge on any atom is -0.364 e. The van der Waals surface area contributed by atoms with Gasteiger partial charge in [-0.25, -0.2) is 0 Å². The van der Waals surface area contributed by atoms with E-state index in [1.807, 2.05) is 32.0 Å². The van der Waals surface area contributed by atoms with E-state index in [1.54, 1.807) is 4.68 Å². The van der Waals surface area contributed by atoms with Crippen LogP contribution < -0.4 is 10.2 Å². The highest BCUT2D eigenvalue weighted by molar-refractivity contribution is 5.92. The Morgan fingerprint density at radius 2 is 2.04 bits per heavy atom. The van der Waals surface area contributed by atoms with Gasteiger partial charge in [-0.15, -0.1) is 0 Å². The van der Waals surface area contributed by atoms with Gasteiger partial charge in [-0.3, -0.25) is 9.48 Å². The zero-order valence-electron chi connectivity index (χ0n) is 13.6. The maximum atomic E-state index is 12.4. The molecule has 1 N–H and O–H groups in total. The van der Waals surface area contributed by atoms with Gasteiger partial charge in [0, 0.05) is 31.9 Å². The molecule has 0 radical (unpaired) electrons. The highest BCUT2D eigenvalue weighted by Gasteiger charge is 2.13. The number of nitrogens with zero attached hydrogens (tertiary/aromatic N) is 3. The maximum Gasteiger partial charge on any atom is 0.269 e. The zero-order valence-corrected chi connectivity index (χ0v) is 13.6. The summed E-state index contributed by atoms with van der Waals surface area (Å²) < 4.78 is 1.73. The van der Waals surface area contributed by atoms with Gasteiger partial charge in [0.05, 0.1) is 5.69 Å². The van der Waals surface area contributed by atoms with Gasteiger partial charge in [0.1, 0.15) is 5.69 Å². The lowest BCUT2D eigenvalue weighted by atomic mass is 10.2. The predicted molar refractivity (Wildman–Crippen MR) is 91.6 cm³/mol. The Morgan fingerprint density at radius 1 is 1.26 bits per heavy atom. The quantitative estimate of drug-likeness (QED) is 0.863. The second-order valence-corrected chi connectivity index (χ2v) is 5.72. The minimum absolute atomic E-state index is 0.0827. The monoisotopic (exact) mass is 310 g/mol. The van der Waals surface area contributed by atoms with Crippen molar-refractivity contribution in [2.24, 2.45) is 0 Å². The number of carbonyl (C=O) groups excluding carboxylic acids is 1. The van der Waals surface area contributed by atoms with Gasteiger partial charge in [0.25, 0.3) is 5.91 Å². The van der Waals surface area contributed by atoms with Crippen LogP contribution in [0.15, 0.2) is 42.5 Å². The van der Waals surface area contributed by atoms with Gasteiger partial charge < -0.3 is 10.2 Å². The summed E-state index contributed by atoms with van der Waals surface area (Å²) in [6.07, 6.45) is 4.34. The van der Waals surface area contributed by atoms with Crippen molar-refractivity contribution >= 4 is 11.6 Å². The summed E-state index contributed by atoms with van der Waals surface area (Å²) in [5.74, 6) is -0.0827. The molecule has 2 heterocycles. The van der Waals surface area contributed by atoms with Crippen LogP contribution in [0.2, 0.25) is 0 Å². The predicted octanol–water partition coefficient (Wildman–Crippen LogP) is 2.52. The van der Waals surface area contributed by atoms with Crippen LogP contribution in [0.4, 0.5) is 5.69 Å².